The minimum Gasteiger partial charge on any atom is -0.351 e. The maximum Gasteiger partial charge on any atom is 0.265 e. The molecule has 7 heteroatoms. The molecule has 4 rings (SSSR count). The summed E-state index contributed by atoms with van der Waals surface area (Å²) in [7, 11) is -2.03. The Morgan fingerprint density at radius 2 is 1.89 bits per heavy atom. The molecule has 3 heterocycles. The summed E-state index contributed by atoms with van der Waals surface area (Å²) in [6.07, 6.45) is 6.68. The second kappa shape index (κ2) is 6.51. The SMILES string of the molecule is Cn1cccc1C=C1C(=O)c2ccccc2S(=O)(=O)N1Cc1cccnc1. The number of carbonyl (C=O) groups is 1. The van der Waals surface area contributed by atoms with Gasteiger partial charge in [0.15, 0.2) is 0 Å². The molecule has 1 aliphatic rings. The van der Waals surface area contributed by atoms with Crippen LogP contribution in [0.3, 0.4) is 0 Å². The average molecular weight is 379 g/mol. The van der Waals surface area contributed by atoms with E-state index < -0.39 is 10.0 Å². The first kappa shape index (κ1) is 17.2. The third kappa shape index (κ3) is 2.96. The van der Waals surface area contributed by atoms with E-state index in [2.05, 4.69) is 4.98 Å². The maximum absolute atomic E-state index is 13.3. The highest BCUT2D eigenvalue weighted by atomic mass is 32.2. The van der Waals surface area contributed by atoms with Crippen LogP contribution < -0.4 is 0 Å². The number of aromatic nitrogens is 2. The monoisotopic (exact) mass is 379 g/mol. The van der Waals surface area contributed by atoms with Crippen molar-refractivity contribution in [3.05, 3.63) is 89.6 Å². The fraction of sp³-hybridized carbons (Fsp3) is 0.100. The molecule has 0 saturated carbocycles. The Hall–Kier alpha value is -3.19. The molecule has 0 saturated heterocycles. The van der Waals surface area contributed by atoms with Gasteiger partial charge < -0.3 is 4.57 Å². The van der Waals surface area contributed by atoms with E-state index in [1.165, 1.54) is 10.4 Å². The number of hydrogen-bond acceptors (Lipinski definition) is 4. The van der Waals surface area contributed by atoms with Crippen molar-refractivity contribution >= 4 is 21.9 Å². The van der Waals surface area contributed by atoms with Gasteiger partial charge in [0.25, 0.3) is 10.0 Å². The molecule has 0 fully saturated rings. The third-order valence-electron chi connectivity index (χ3n) is 4.52. The molecular weight excluding hydrogens is 362 g/mol. The molecule has 6 nitrogen and oxygen atoms in total. The van der Waals surface area contributed by atoms with E-state index in [1.54, 1.807) is 48.8 Å². The molecule has 0 unspecified atom stereocenters. The van der Waals surface area contributed by atoms with Crippen molar-refractivity contribution < 1.29 is 13.2 Å². The lowest BCUT2D eigenvalue weighted by Gasteiger charge is -2.31. The molecule has 0 amide bonds. The molecule has 0 atom stereocenters. The first-order valence-electron chi connectivity index (χ1n) is 8.37. The molecule has 2 aromatic heterocycles. The number of sulfonamides is 1. The number of benzene rings is 1. The Balaban J connectivity index is 1.92. The highest BCUT2D eigenvalue weighted by Gasteiger charge is 2.39. The van der Waals surface area contributed by atoms with Gasteiger partial charge in [0, 0.05) is 36.9 Å². The number of hydrogen-bond donors (Lipinski definition) is 0. The number of ketones is 1. The molecule has 3 aromatic rings. The van der Waals surface area contributed by atoms with Crippen molar-refractivity contribution in [2.75, 3.05) is 0 Å². The number of aryl methyl sites for hydroxylation is 1. The minimum absolute atomic E-state index is 0.0305. The van der Waals surface area contributed by atoms with Crippen LogP contribution in [0.4, 0.5) is 0 Å². The summed E-state index contributed by atoms with van der Waals surface area (Å²) in [4.78, 5) is 17.2. The first-order valence-corrected chi connectivity index (χ1v) is 9.81. The molecule has 0 spiro atoms. The zero-order chi connectivity index (χ0) is 19.0. The highest BCUT2D eigenvalue weighted by molar-refractivity contribution is 7.89. The van der Waals surface area contributed by atoms with Gasteiger partial charge in [0.2, 0.25) is 5.78 Å². The van der Waals surface area contributed by atoms with Gasteiger partial charge in [-0.3, -0.25) is 14.1 Å². The summed E-state index contributed by atoms with van der Waals surface area (Å²) in [5, 5.41) is 0. The van der Waals surface area contributed by atoms with Crippen molar-refractivity contribution in [1.29, 1.82) is 0 Å². The van der Waals surface area contributed by atoms with E-state index >= 15 is 0 Å². The summed E-state index contributed by atoms with van der Waals surface area (Å²) in [5.74, 6) is -0.314. The van der Waals surface area contributed by atoms with E-state index in [1.807, 2.05) is 29.9 Å². The van der Waals surface area contributed by atoms with Crippen molar-refractivity contribution in [1.82, 2.24) is 13.9 Å². The van der Waals surface area contributed by atoms with Gasteiger partial charge in [0.1, 0.15) is 5.70 Å². The quantitative estimate of drug-likeness (QED) is 0.656. The van der Waals surface area contributed by atoms with Crippen molar-refractivity contribution in [2.24, 2.45) is 7.05 Å². The normalized spacial score (nSPS) is 17.1. The number of Topliss-reactive ketones (excluding diaryl/α,β-unsaturated/α-hetero) is 1. The number of allylic oxidation sites excluding steroid dienone is 1. The Kier molecular flexibility index (Phi) is 4.16. The average Bonchev–Trinajstić information content (AvgIpc) is 3.08. The Morgan fingerprint density at radius 3 is 2.59 bits per heavy atom. The van der Waals surface area contributed by atoms with Crippen LogP contribution in [0.25, 0.3) is 6.08 Å². The number of rotatable bonds is 3. The van der Waals surface area contributed by atoms with Gasteiger partial charge in [-0.25, -0.2) is 8.42 Å². The lowest BCUT2D eigenvalue weighted by molar-refractivity contribution is 0.100. The van der Waals surface area contributed by atoms with Gasteiger partial charge in [0.05, 0.1) is 11.4 Å². The Labute approximate surface area is 157 Å². The zero-order valence-corrected chi connectivity index (χ0v) is 15.4. The fourth-order valence-corrected chi connectivity index (χ4v) is 4.75. The molecule has 1 aliphatic heterocycles. The minimum atomic E-state index is -3.87. The largest absolute Gasteiger partial charge is 0.351 e. The van der Waals surface area contributed by atoms with Crippen LogP contribution >= 0.6 is 0 Å². The maximum atomic E-state index is 13.3. The number of pyridine rings is 1. The standard InChI is InChI=1S/C20H17N3O3S/c1-22-11-5-7-16(22)12-18-20(24)17-8-2-3-9-19(17)27(25,26)23(18)14-15-6-4-10-21-13-15/h2-13H,14H2,1H3. The van der Waals surface area contributed by atoms with E-state index in [-0.39, 0.29) is 28.5 Å². The zero-order valence-electron chi connectivity index (χ0n) is 14.6. The highest BCUT2D eigenvalue weighted by Crippen LogP contribution is 2.34. The van der Waals surface area contributed by atoms with Crippen LogP contribution in [0.2, 0.25) is 0 Å². The molecule has 27 heavy (non-hydrogen) atoms. The topological polar surface area (TPSA) is 72.3 Å². The lowest BCUT2D eigenvalue weighted by Crippen LogP contribution is -2.38. The molecule has 0 aliphatic carbocycles. The Bertz CT molecular complexity index is 1150. The van der Waals surface area contributed by atoms with Gasteiger partial charge in [-0.2, -0.15) is 0 Å². The molecule has 136 valence electrons. The van der Waals surface area contributed by atoms with Gasteiger partial charge in [-0.05, 0) is 42.0 Å². The fourth-order valence-electron chi connectivity index (χ4n) is 3.11. The molecular formula is C20H17N3O3S. The van der Waals surface area contributed by atoms with Crippen LogP contribution in [-0.4, -0.2) is 28.1 Å². The molecule has 0 bridgehead atoms. The number of nitrogens with zero attached hydrogens (tertiary/aromatic N) is 3. The predicted octanol–water partition coefficient (Wildman–Crippen LogP) is 2.85. The number of carbonyl (C=O) groups excluding carboxylic acids is 1. The van der Waals surface area contributed by atoms with Crippen LogP contribution in [0.5, 0.6) is 0 Å². The van der Waals surface area contributed by atoms with E-state index in [4.69, 9.17) is 0 Å². The van der Waals surface area contributed by atoms with Crippen LogP contribution in [0.15, 0.2) is 77.7 Å². The van der Waals surface area contributed by atoms with Crippen molar-refractivity contribution in [3.63, 3.8) is 0 Å². The summed E-state index contributed by atoms with van der Waals surface area (Å²) in [6, 6.07) is 13.5. The molecule has 1 aromatic carbocycles. The first-order chi connectivity index (χ1) is 13.0. The van der Waals surface area contributed by atoms with Crippen LogP contribution in [-0.2, 0) is 23.6 Å². The van der Waals surface area contributed by atoms with Gasteiger partial charge in [-0.1, -0.05) is 18.2 Å². The lowest BCUT2D eigenvalue weighted by atomic mass is 10.1. The number of fused-ring (bicyclic) bond motifs is 1. The summed E-state index contributed by atoms with van der Waals surface area (Å²) < 4.78 is 29.6. The van der Waals surface area contributed by atoms with E-state index in [0.717, 1.165) is 5.69 Å². The van der Waals surface area contributed by atoms with Crippen LogP contribution in [0, 0.1) is 0 Å². The van der Waals surface area contributed by atoms with E-state index in [0.29, 0.717) is 5.56 Å². The van der Waals surface area contributed by atoms with E-state index in [9.17, 15) is 13.2 Å². The third-order valence-corrected chi connectivity index (χ3v) is 6.34. The van der Waals surface area contributed by atoms with Crippen molar-refractivity contribution in [2.45, 2.75) is 11.4 Å². The van der Waals surface area contributed by atoms with Crippen molar-refractivity contribution in [3.8, 4) is 0 Å². The second-order valence-electron chi connectivity index (χ2n) is 6.27. The van der Waals surface area contributed by atoms with Gasteiger partial charge in [-0.15, -0.1) is 0 Å². The van der Waals surface area contributed by atoms with Gasteiger partial charge >= 0.3 is 0 Å². The summed E-state index contributed by atoms with van der Waals surface area (Å²) in [5.41, 5.74) is 1.76. The summed E-state index contributed by atoms with van der Waals surface area (Å²) >= 11 is 0. The molecule has 0 radical (unpaired) electrons. The summed E-state index contributed by atoms with van der Waals surface area (Å²) in [6.45, 7) is 0.0342. The molecule has 0 N–H and O–H groups in total. The smallest absolute Gasteiger partial charge is 0.265 e. The predicted molar refractivity (Wildman–Crippen MR) is 101 cm³/mol. The Morgan fingerprint density at radius 1 is 1.07 bits per heavy atom. The second-order valence-corrected chi connectivity index (χ2v) is 8.10. The van der Waals surface area contributed by atoms with Crippen LogP contribution in [0.1, 0.15) is 21.6 Å².